The quantitative estimate of drug-likeness (QED) is 0.903. The molecule has 0 spiro atoms. The van der Waals surface area contributed by atoms with Gasteiger partial charge in [0.25, 0.3) is 0 Å². The van der Waals surface area contributed by atoms with Crippen LogP contribution < -0.4 is 10.6 Å². The van der Waals surface area contributed by atoms with Gasteiger partial charge < -0.3 is 10.6 Å². The van der Waals surface area contributed by atoms with Crippen LogP contribution in [0.3, 0.4) is 0 Å². The number of nitrogens with two attached hydrogens (primary N) is 1. The number of fused-ring (bicyclic) bond motifs is 1. The molecule has 2 saturated heterocycles. The smallest absolute Gasteiger partial charge is 0.133 e. The Balaban J connectivity index is 1.84. The summed E-state index contributed by atoms with van der Waals surface area (Å²) < 4.78 is 1.01. The molecule has 0 radical (unpaired) electrons. The molecule has 0 saturated carbocycles. The molecule has 19 heavy (non-hydrogen) atoms. The summed E-state index contributed by atoms with van der Waals surface area (Å²) in [5.74, 6) is 1.08. The Morgan fingerprint density at radius 1 is 1.32 bits per heavy atom. The zero-order chi connectivity index (χ0) is 13.2. The van der Waals surface area contributed by atoms with E-state index in [0.29, 0.717) is 12.6 Å². The summed E-state index contributed by atoms with van der Waals surface area (Å²) in [5.41, 5.74) is 7.01. The highest BCUT2D eigenvalue weighted by molar-refractivity contribution is 9.10. The van der Waals surface area contributed by atoms with E-state index in [4.69, 9.17) is 5.73 Å². The summed E-state index contributed by atoms with van der Waals surface area (Å²) in [4.78, 5) is 9.68. The summed E-state index contributed by atoms with van der Waals surface area (Å²) in [6.07, 6.45) is 5.77. The first-order valence-corrected chi connectivity index (χ1v) is 7.90. The maximum absolute atomic E-state index is 5.87. The topological polar surface area (TPSA) is 45.4 Å². The average Bonchev–Trinajstić information content (AvgIpc) is 2.76. The number of pyridine rings is 1. The Labute approximate surface area is 123 Å². The normalized spacial score (nSPS) is 24.3. The summed E-state index contributed by atoms with van der Waals surface area (Å²) in [5, 5.41) is 0. The van der Waals surface area contributed by atoms with Gasteiger partial charge in [-0.25, -0.2) is 4.98 Å². The summed E-state index contributed by atoms with van der Waals surface area (Å²) >= 11 is 3.48. The van der Waals surface area contributed by atoms with Gasteiger partial charge in [0.15, 0.2) is 0 Å². The minimum absolute atomic E-state index is 0.548. The van der Waals surface area contributed by atoms with Crippen molar-refractivity contribution in [2.45, 2.75) is 31.8 Å². The van der Waals surface area contributed by atoms with E-state index >= 15 is 0 Å². The monoisotopic (exact) mass is 324 g/mol. The molecule has 0 amide bonds. The fraction of sp³-hybridized carbons (Fsp3) is 0.643. The van der Waals surface area contributed by atoms with Crippen molar-refractivity contribution in [3.05, 3.63) is 22.3 Å². The van der Waals surface area contributed by atoms with Gasteiger partial charge in [-0.3, -0.25) is 4.90 Å². The maximum Gasteiger partial charge on any atom is 0.133 e. The SMILES string of the molecule is NCc1cc(Br)cnc1N1CCCN2CCCC2C1. The number of rotatable bonds is 2. The number of anilines is 1. The van der Waals surface area contributed by atoms with Crippen molar-refractivity contribution in [3.8, 4) is 0 Å². The van der Waals surface area contributed by atoms with Crippen molar-refractivity contribution < 1.29 is 0 Å². The Hall–Kier alpha value is -0.650. The van der Waals surface area contributed by atoms with Crippen LogP contribution in [0.5, 0.6) is 0 Å². The molecule has 2 N–H and O–H groups in total. The van der Waals surface area contributed by atoms with E-state index in [2.05, 4.69) is 36.8 Å². The summed E-state index contributed by atoms with van der Waals surface area (Å²) in [7, 11) is 0. The number of aromatic nitrogens is 1. The summed E-state index contributed by atoms with van der Waals surface area (Å²) in [6, 6.07) is 2.80. The molecule has 3 heterocycles. The third-order valence-electron chi connectivity index (χ3n) is 4.23. The van der Waals surface area contributed by atoms with Crippen molar-refractivity contribution in [1.82, 2.24) is 9.88 Å². The van der Waals surface area contributed by atoms with Gasteiger partial charge in [-0.2, -0.15) is 0 Å². The predicted molar refractivity (Wildman–Crippen MR) is 81.3 cm³/mol. The molecule has 0 aromatic carbocycles. The lowest BCUT2D eigenvalue weighted by Gasteiger charge is -2.27. The van der Waals surface area contributed by atoms with Gasteiger partial charge in [0.05, 0.1) is 0 Å². The molecular weight excluding hydrogens is 304 g/mol. The minimum atomic E-state index is 0.548. The van der Waals surface area contributed by atoms with Crippen molar-refractivity contribution >= 4 is 21.7 Å². The molecule has 1 aromatic heterocycles. The van der Waals surface area contributed by atoms with E-state index in [1.54, 1.807) is 0 Å². The van der Waals surface area contributed by atoms with Gasteiger partial charge in [0, 0.05) is 48.5 Å². The van der Waals surface area contributed by atoms with Crippen LogP contribution >= 0.6 is 15.9 Å². The molecule has 4 nitrogen and oxygen atoms in total. The minimum Gasteiger partial charge on any atom is -0.355 e. The van der Waals surface area contributed by atoms with E-state index in [1.807, 2.05) is 6.20 Å². The predicted octanol–water partition coefficient (Wildman–Crippen LogP) is 1.98. The Morgan fingerprint density at radius 3 is 3.00 bits per heavy atom. The molecule has 2 aliphatic rings. The van der Waals surface area contributed by atoms with Gasteiger partial charge in [-0.1, -0.05) is 0 Å². The van der Waals surface area contributed by atoms with Crippen LogP contribution in [-0.2, 0) is 6.54 Å². The highest BCUT2D eigenvalue weighted by Gasteiger charge is 2.29. The lowest BCUT2D eigenvalue weighted by atomic mass is 10.2. The average molecular weight is 325 g/mol. The largest absolute Gasteiger partial charge is 0.355 e. The first-order chi connectivity index (χ1) is 9.28. The highest BCUT2D eigenvalue weighted by Crippen LogP contribution is 2.27. The standard InChI is InChI=1S/C14H21BrN4/c15-12-7-11(8-16)14(17-9-12)19-6-2-5-18-4-1-3-13(18)10-19/h7,9,13H,1-6,8,10,16H2. The number of hydrogen-bond acceptors (Lipinski definition) is 4. The van der Waals surface area contributed by atoms with E-state index in [0.717, 1.165) is 28.9 Å². The van der Waals surface area contributed by atoms with Gasteiger partial charge in [-0.05, 0) is 47.8 Å². The van der Waals surface area contributed by atoms with E-state index in [1.165, 1.54) is 32.4 Å². The molecule has 0 aliphatic carbocycles. The first-order valence-electron chi connectivity index (χ1n) is 7.11. The van der Waals surface area contributed by atoms with Gasteiger partial charge in [0.1, 0.15) is 5.82 Å². The van der Waals surface area contributed by atoms with Crippen LogP contribution in [0, 0.1) is 0 Å². The third kappa shape index (κ3) is 2.78. The first kappa shape index (κ1) is 13.3. The van der Waals surface area contributed by atoms with Crippen molar-refractivity contribution in [2.75, 3.05) is 31.1 Å². The van der Waals surface area contributed by atoms with Crippen LogP contribution in [-0.4, -0.2) is 42.1 Å². The molecule has 1 aromatic rings. The molecule has 5 heteroatoms. The van der Waals surface area contributed by atoms with Crippen LogP contribution in [0.15, 0.2) is 16.7 Å². The molecule has 0 bridgehead atoms. The van der Waals surface area contributed by atoms with Gasteiger partial charge >= 0.3 is 0 Å². The van der Waals surface area contributed by atoms with E-state index in [9.17, 15) is 0 Å². The summed E-state index contributed by atoms with van der Waals surface area (Å²) in [6.45, 7) is 5.24. The fourth-order valence-electron chi connectivity index (χ4n) is 3.31. The van der Waals surface area contributed by atoms with Crippen LogP contribution in [0.2, 0.25) is 0 Å². The zero-order valence-corrected chi connectivity index (χ0v) is 12.8. The number of nitrogens with zero attached hydrogens (tertiary/aromatic N) is 3. The molecular formula is C14H21BrN4. The van der Waals surface area contributed by atoms with Crippen LogP contribution in [0.4, 0.5) is 5.82 Å². The second-order valence-corrected chi connectivity index (χ2v) is 6.39. The lowest BCUT2D eigenvalue weighted by molar-refractivity contribution is 0.273. The van der Waals surface area contributed by atoms with Crippen molar-refractivity contribution in [1.29, 1.82) is 0 Å². The Kier molecular flexibility index (Phi) is 4.05. The van der Waals surface area contributed by atoms with E-state index < -0.39 is 0 Å². The Morgan fingerprint density at radius 2 is 2.16 bits per heavy atom. The second-order valence-electron chi connectivity index (χ2n) is 5.47. The van der Waals surface area contributed by atoms with E-state index in [-0.39, 0.29) is 0 Å². The van der Waals surface area contributed by atoms with Crippen molar-refractivity contribution in [3.63, 3.8) is 0 Å². The van der Waals surface area contributed by atoms with Gasteiger partial charge in [0.2, 0.25) is 0 Å². The molecule has 2 aliphatic heterocycles. The van der Waals surface area contributed by atoms with Crippen molar-refractivity contribution in [2.24, 2.45) is 5.73 Å². The molecule has 1 unspecified atom stereocenters. The fourth-order valence-corrected chi connectivity index (χ4v) is 3.69. The lowest BCUT2D eigenvalue weighted by Crippen LogP contribution is -2.37. The van der Waals surface area contributed by atoms with Crippen LogP contribution in [0.25, 0.3) is 0 Å². The highest BCUT2D eigenvalue weighted by atomic mass is 79.9. The molecule has 104 valence electrons. The van der Waals surface area contributed by atoms with Gasteiger partial charge in [-0.15, -0.1) is 0 Å². The zero-order valence-electron chi connectivity index (χ0n) is 11.2. The Bertz CT molecular complexity index is 451. The second kappa shape index (κ2) is 5.77. The molecule has 2 fully saturated rings. The maximum atomic E-state index is 5.87. The molecule has 1 atom stereocenters. The molecule has 3 rings (SSSR count). The number of halogens is 1. The number of hydrogen-bond donors (Lipinski definition) is 1. The third-order valence-corrected chi connectivity index (χ3v) is 4.67. The van der Waals surface area contributed by atoms with Crippen LogP contribution in [0.1, 0.15) is 24.8 Å².